The highest BCUT2D eigenvalue weighted by atomic mass is 32.1. The van der Waals surface area contributed by atoms with Crippen molar-refractivity contribution in [2.24, 2.45) is 5.73 Å². The average Bonchev–Trinajstić information content (AvgIpc) is 2.87. The lowest BCUT2D eigenvalue weighted by Crippen LogP contribution is -2.12. The number of nitrogens with two attached hydrogens (primary N) is 1. The Balaban J connectivity index is 2.14. The van der Waals surface area contributed by atoms with Gasteiger partial charge in [-0.1, -0.05) is 0 Å². The van der Waals surface area contributed by atoms with Crippen LogP contribution in [0.5, 0.6) is 0 Å². The Morgan fingerprint density at radius 2 is 2.50 bits per heavy atom. The third-order valence-corrected chi connectivity index (χ3v) is 2.88. The summed E-state index contributed by atoms with van der Waals surface area (Å²) in [7, 11) is 0. The van der Waals surface area contributed by atoms with Crippen molar-refractivity contribution in [3.05, 3.63) is 39.8 Å². The van der Waals surface area contributed by atoms with Crippen LogP contribution in [0.4, 0.5) is 0 Å². The highest BCUT2D eigenvalue weighted by Crippen LogP contribution is 2.16. The van der Waals surface area contributed by atoms with E-state index in [4.69, 9.17) is 11.0 Å². The normalized spacial score (nSPS) is 9.94. The second kappa shape index (κ2) is 4.16. The van der Waals surface area contributed by atoms with Crippen molar-refractivity contribution in [2.45, 2.75) is 6.54 Å². The predicted molar refractivity (Wildman–Crippen MR) is 57.7 cm³/mol. The van der Waals surface area contributed by atoms with Crippen LogP contribution in [-0.2, 0) is 6.54 Å². The fraction of sp³-hybridized carbons (Fsp3) is 0.100. The summed E-state index contributed by atoms with van der Waals surface area (Å²) in [5, 5.41) is 12.6. The van der Waals surface area contributed by atoms with Crippen molar-refractivity contribution in [1.82, 2.24) is 9.78 Å². The predicted octanol–water partition coefficient (Wildman–Crippen LogP) is 0.764. The maximum absolute atomic E-state index is 10.8. The van der Waals surface area contributed by atoms with Crippen LogP contribution < -0.4 is 5.73 Å². The lowest BCUT2D eigenvalue weighted by atomic mass is 10.4. The van der Waals surface area contributed by atoms with Gasteiger partial charge in [0.1, 0.15) is 10.9 Å². The molecule has 0 spiro atoms. The molecule has 2 aromatic heterocycles. The van der Waals surface area contributed by atoms with Crippen LogP contribution in [0.15, 0.2) is 18.3 Å². The van der Waals surface area contributed by atoms with Gasteiger partial charge in [0.2, 0.25) is 0 Å². The monoisotopic (exact) mass is 231 g/mol. The first-order chi connectivity index (χ1) is 7.69. The highest BCUT2D eigenvalue weighted by molar-refractivity contribution is 7.12. The molecule has 6 heteroatoms. The molecule has 2 N–H and O–H groups in total. The molecule has 0 saturated carbocycles. The van der Waals surface area contributed by atoms with E-state index in [1.54, 1.807) is 16.9 Å². The van der Waals surface area contributed by atoms with E-state index in [1.165, 1.54) is 11.3 Å². The van der Waals surface area contributed by atoms with Gasteiger partial charge in [-0.3, -0.25) is 9.48 Å². The summed E-state index contributed by atoms with van der Waals surface area (Å²) in [4.78, 5) is 12.4. The number of thiophene rings is 1. The topological polar surface area (TPSA) is 84.7 Å². The van der Waals surface area contributed by atoms with Crippen LogP contribution in [0.2, 0.25) is 0 Å². The summed E-state index contributed by atoms with van der Waals surface area (Å²) in [6.07, 6.45) is 1.56. The number of aromatic nitrogens is 2. The molecule has 0 saturated heterocycles. The van der Waals surface area contributed by atoms with Gasteiger partial charge in [-0.2, -0.15) is 10.4 Å². The molecule has 0 unspecified atom stereocenters. The quantitative estimate of drug-likeness (QED) is 0.846. The van der Waals surface area contributed by atoms with Crippen LogP contribution in [0, 0.1) is 17.4 Å². The number of hydrogen-bond donors (Lipinski definition) is 1. The summed E-state index contributed by atoms with van der Waals surface area (Å²) < 4.78 is 1.56. The van der Waals surface area contributed by atoms with E-state index in [2.05, 4.69) is 17.2 Å². The van der Waals surface area contributed by atoms with E-state index in [0.717, 1.165) is 4.88 Å². The molecule has 1 amide bonds. The van der Waals surface area contributed by atoms with Gasteiger partial charge < -0.3 is 5.73 Å². The Bertz CT molecular complexity index is 563. The number of hydrogen-bond acceptors (Lipinski definition) is 4. The van der Waals surface area contributed by atoms with Crippen molar-refractivity contribution in [2.75, 3.05) is 0 Å². The number of rotatable bonds is 3. The van der Waals surface area contributed by atoms with E-state index in [0.29, 0.717) is 11.4 Å². The van der Waals surface area contributed by atoms with Crippen LogP contribution in [0.3, 0.4) is 0 Å². The first kappa shape index (κ1) is 10.4. The molecule has 1 radical (unpaired) electrons. The largest absolute Gasteiger partial charge is 0.364 e. The minimum atomic E-state index is -0.595. The molecular formula is C10H7N4OS. The number of carbonyl (C=O) groups excluding carboxylic acids is 1. The van der Waals surface area contributed by atoms with Crippen molar-refractivity contribution in [1.29, 1.82) is 5.26 Å². The Morgan fingerprint density at radius 1 is 1.69 bits per heavy atom. The van der Waals surface area contributed by atoms with E-state index < -0.39 is 5.91 Å². The molecule has 0 atom stereocenters. The minimum absolute atomic E-state index is 0.122. The van der Waals surface area contributed by atoms with Gasteiger partial charge in [0, 0.05) is 17.1 Å². The molecule has 79 valence electrons. The molecule has 5 nitrogen and oxygen atoms in total. The summed E-state index contributed by atoms with van der Waals surface area (Å²) in [6.45, 7) is 0.510. The molecule has 0 aliphatic heterocycles. The van der Waals surface area contributed by atoms with Gasteiger partial charge in [0.25, 0.3) is 5.91 Å². The smallest absolute Gasteiger partial charge is 0.269 e. The van der Waals surface area contributed by atoms with Crippen LogP contribution in [0.25, 0.3) is 0 Å². The number of amides is 1. The lowest BCUT2D eigenvalue weighted by molar-refractivity contribution is 0.0994. The Hall–Kier alpha value is -2.13. The Kier molecular flexibility index (Phi) is 2.70. The molecular weight excluding hydrogens is 224 g/mol. The molecule has 0 aliphatic rings. The van der Waals surface area contributed by atoms with Crippen molar-refractivity contribution in [3.63, 3.8) is 0 Å². The molecule has 2 heterocycles. The molecule has 2 aromatic rings. The fourth-order valence-electron chi connectivity index (χ4n) is 1.21. The number of carbonyl (C=O) groups is 1. The molecule has 0 fully saturated rings. The number of primary amides is 1. The van der Waals surface area contributed by atoms with Crippen LogP contribution >= 0.6 is 11.3 Å². The molecule has 0 aromatic carbocycles. The number of nitriles is 1. The Labute approximate surface area is 95.7 Å². The van der Waals surface area contributed by atoms with E-state index >= 15 is 0 Å². The maximum atomic E-state index is 10.8. The maximum Gasteiger partial charge on any atom is 0.269 e. The third-order valence-electron chi connectivity index (χ3n) is 1.90. The summed E-state index contributed by atoms with van der Waals surface area (Å²) in [5.41, 5.74) is 5.18. The van der Waals surface area contributed by atoms with Crippen molar-refractivity contribution < 1.29 is 4.79 Å². The van der Waals surface area contributed by atoms with E-state index in [9.17, 15) is 4.79 Å². The van der Waals surface area contributed by atoms with Crippen LogP contribution in [-0.4, -0.2) is 15.7 Å². The lowest BCUT2D eigenvalue weighted by Gasteiger charge is -1.96. The summed E-state index contributed by atoms with van der Waals surface area (Å²) in [5.74, 6) is -0.595. The highest BCUT2D eigenvalue weighted by Gasteiger charge is 2.06. The Morgan fingerprint density at radius 3 is 3.06 bits per heavy atom. The second-order valence-corrected chi connectivity index (χ2v) is 4.23. The standard InChI is InChI=1S/C10H7N4OS/c11-5-7-1-2-8(16-7)6-14-4-3-9(13-14)10(12)15/h1-2,4H,6H2,(H2,12,15). The SMILES string of the molecule is N#Cc1ccc(Cn2c[c]c(C(N)=O)n2)s1. The van der Waals surface area contributed by atoms with Gasteiger partial charge in [-0.05, 0) is 12.1 Å². The van der Waals surface area contributed by atoms with Gasteiger partial charge in [-0.25, -0.2) is 0 Å². The zero-order valence-electron chi connectivity index (χ0n) is 8.17. The average molecular weight is 231 g/mol. The van der Waals surface area contributed by atoms with Crippen LogP contribution in [0.1, 0.15) is 20.2 Å². The first-order valence-corrected chi connectivity index (χ1v) is 5.24. The molecule has 2 rings (SSSR count). The van der Waals surface area contributed by atoms with Gasteiger partial charge in [0.05, 0.1) is 6.54 Å². The van der Waals surface area contributed by atoms with E-state index in [-0.39, 0.29) is 5.69 Å². The first-order valence-electron chi connectivity index (χ1n) is 4.43. The molecule has 0 aliphatic carbocycles. The molecule has 0 bridgehead atoms. The van der Waals surface area contributed by atoms with Gasteiger partial charge in [-0.15, -0.1) is 11.3 Å². The zero-order valence-corrected chi connectivity index (χ0v) is 8.99. The zero-order chi connectivity index (χ0) is 11.5. The summed E-state index contributed by atoms with van der Waals surface area (Å²) in [6, 6.07) is 8.33. The summed E-state index contributed by atoms with van der Waals surface area (Å²) >= 11 is 1.39. The van der Waals surface area contributed by atoms with E-state index in [1.807, 2.05) is 6.07 Å². The van der Waals surface area contributed by atoms with Crippen molar-refractivity contribution >= 4 is 17.2 Å². The van der Waals surface area contributed by atoms with Crippen molar-refractivity contribution in [3.8, 4) is 6.07 Å². The second-order valence-electron chi connectivity index (χ2n) is 3.06. The minimum Gasteiger partial charge on any atom is -0.364 e. The van der Waals surface area contributed by atoms with Gasteiger partial charge >= 0.3 is 0 Å². The fourth-order valence-corrected chi connectivity index (χ4v) is 2.00. The number of nitrogens with zero attached hydrogens (tertiary/aromatic N) is 3. The van der Waals surface area contributed by atoms with Gasteiger partial charge in [0.15, 0.2) is 5.69 Å². The third kappa shape index (κ3) is 2.10. The molecule has 16 heavy (non-hydrogen) atoms.